The third-order valence-electron chi connectivity index (χ3n) is 4.08. The van der Waals surface area contributed by atoms with Gasteiger partial charge in [0.2, 0.25) is 5.91 Å². The van der Waals surface area contributed by atoms with Crippen molar-refractivity contribution in [1.82, 2.24) is 10.3 Å². The van der Waals surface area contributed by atoms with Gasteiger partial charge in [0.05, 0.1) is 7.11 Å². The summed E-state index contributed by atoms with van der Waals surface area (Å²) in [7, 11) is 1.64. The molecule has 1 heterocycles. The molecule has 0 radical (unpaired) electrons. The van der Waals surface area contributed by atoms with Crippen molar-refractivity contribution in [3.8, 4) is 17.0 Å². The maximum Gasteiger partial charge on any atom is 0.220 e. The molecule has 0 aliphatic carbocycles. The summed E-state index contributed by atoms with van der Waals surface area (Å²) in [4.78, 5) is 15.4. The second-order valence-electron chi connectivity index (χ2n) is 5.89. The molecule has 0 saturated carbocycles. The highest BCUT2D eigenvalue weighted by molar-refractivity contribution is 5.76. The van der Waals surface area contributed by atoms with Crippen molar-refractivity contribution in [3.63, 3.8) is 0 Å². The van der Waals surface area contributed by atoms with Gasteiger partial charge in [-0.2, -0.15) is 0 Å². The second kappa shape index (κ2) is 8.20. The quantitative estimate of drug-likeness (QED) is 0.687. The van der Waals surface area contributed by atoms with Gasteiger partial charge < -0.3 is 15.0 Å². The first-order valence-corrected chi connectivity index (χ1v) is 8.37. The molecule has 0 bridgehead atoms. The number of aryl methyl sites for hydroxylation is 1. The average molecular weight is 334 g/mol. The van der Waals surface area contributed by atoms with Gasteiger partial charge in [-0.05, 0) is 41.8 Å². The second-order valence-corrected chi connectivity index (χ2v) is 5.89. The van der Waals surface area contributed by atoms with E-state index >= 15 is 0 Å². The Morgan fingerprint density at radius 3 is 2.68 bits per heavy atom. The van der Waals surface area contributed by atoms with E-state index in [2.05, 4.69) is 28.5 Å². The van der Waals surface area contributed by atoms with Crippen LogP contribution < -0.4 is 10.1 Å². The summed E-state index contributed by atoms with van der Waals surface area (Å²) in [5.74, 6) is 0.838. The van der Waals surface area contributed by atoms with Gasteiger partial charge >= 0.3 is 0 Å². The van der Waals surface area contributed by atoms with Crippen molar-refractivity contribution in [2.24, 2.45) is 0 Å². The van der Waals surface area contributed by atoms with E-state index in [1.807, 2.05) is 48.5 Å². The lowest BCUT2D eigenvalue weighted by Gasteiger charge is -2.07. The molecule has 4 heteroatoms. The number of rotatable bonds is 7. The van der Waals surface area contributed by atoms with Gasteiger partial charge in [0.25, 0.3) is 0 Å². The number of amides is 1. The lowest BCUT2D eigenvalue weighted by Crippen LogP contribution is -2.23. The molecule has 0 spiro atoms. The lowest BCUT2D eigenvalue weighted by molar-refractivity contribution is -0.121. The first-order valence-electron chi connectivity index (χ1n) is 8.37. The molecule has 0 aliphatic rings. The molecule has 0 atom stereocenters. The Balaban J connectivity index is 1.48. The number of hydrogen-bond donors (Lipinski definition) is 2. The normalized spacial score (nSPS) is 10.4. The molecular formula is C21H22N2O2. The number of methoxy groups -OCH3 is 1. The van der Waals surface area contributed by atoms with Crippen molar-refractivity contribution in [2.75, 3.05) is 7.11 Å². The van der Waals surface area contributed by atoms with Gasteiger partial charge in [-0.15, -0.1) is 0 Å². The number of carbonyl (C=O) groups is 1. The molecule has 4 nitrogen and oxygen atoms in total. The summed E-state index contributed by atoms with van der Waals surface area (Å²) >= 11 is 0. The van der Waals surface area contributed by atoms with Crippen LogP contribution in [0, 0.1) is 0 Å². The van der Waals surface area contributed by atoms with Crippen molar-refractivity contribution in [2.45, 2.75) is 19.4 Å². The van der Waals surface area contributed by atoms with Crippen LogP contribution in [0.2, 0.25) is 0 Å². The zero-order chi connectivity index (χ0) is 17.5. The van der Waals surface area contributed by atoms with E-state index in [4.69, 9.17) is 4.74 Å². The topological polar surface area (TPSA) is 54.1 Å². The minimum absolute atomic E-state index is 0.0404. The number of nitrogens with one attached hydrogen (secondary N) is 2. The Bertz CT molecular complexity index is 825. The Morgan fingerprint density at radius 2 is 1.88 bits per heavy atom. The molecule has 128 valence electrons. The molecule has 3 aromatic rings. The first kappa shape index (κ1) is 16.8. The highest BCUT2D eigenvalue weighted by atomic mass is 16.5. The van der Waals surface area contributed by atoms with Gasteiger partial charge in [0.1, 0.15) is 5.75 Å². The zero-order valence-electron chi connectivity index (χ0n) is 14.3. The third-order valence-corrected chi connectivity index (χ3v) is 4.08. The number of benzene rings is 2. The molecule has 1 aromatic heterocycles. The minimum Gasteiger partial charge on any atom is -0.497 e. The Kier molecular flexibility index (Phi) is 5.52. The third kappa shape index (κ3) is 4.73. The fraction of sp³-hybridized carbons (Fsp3) is 0.190. The highest BCUT2D eigenvalue weighted by Crippen LogP contribution is 2.18. The Labute approximate surface area is 147 Å². The fourth-order valence-electron chi connectivity index (χ4n) is 2.69. The summed E-state index contributed by atoms with van der Waals surface area (Å²) in [6.07, 6.45) is 1.15. The number of ether oxygens (including phenoxy) is 1. The zero-order valence-corrected chi connectivity index (χ0v) is 14.3. The number of H-pyrrole nitrogens is 1. The number of hydrogen-bond acceptors (Lipinski definition) is 2. The number of aromatic amines is 1. The molecule has 0 unspecified atom stereocenters. The van der Waals surface area contributed by atoms with E-state index in [1.54, 1.807) is 7.11 Å². The lowest BCUT2D eigenvalue weighted by atomic mass is 10.2. The van der Waals surface area contributed by atoms with Crippen LogP contribution in [0.25, 0.3) is 11.3 Å². The Hall–Kier alpha value is -3.01. The first-order chi connectivity index (χ1) is 12.2. The monoisotopic (exact) mass is 334 g/mol. The van der Waals surface area contributed by atoms with Crippen LogP contribution in [0.1, 0.15) is 17.7 Å². The summed E-state index contributed by atoms with van der Waals surface area (Å²) in [5, 5.41) is 2.95. The molecular weight excluding hydrogens is 312 g/mol. The van der Waals surface area contributed by atoms with Crippen molar-refractivity contribution in [3.05, 3.63) is 78.0 Å². The smallest absolute Gasteiger partial charge is 0.220 e. The van der Waals surface area contributed by atoms with Crippen molar-refractivity contribution in [1.29, 1.82) is 0 Å². The van der Waals surface area contributed by atoms with Crippen LogP contribution in [-0.4, -0.2) is 18.0 Å². The van der Waals surface area contributed by atoms with E-state index in [-0.39, 0.29) is 5.91 Å². The molecule has 2 aromatic carbocycles. The molecule has 25 heavy (non-hydrogen) atoms. The summed E-state index contributed by atoms with van der Waals surface area (Å²) in [6, 6.07) is 22.0. The minimum atomic E-state index is 0.0404. The van der Waals surface area contributed by atoms with Crippen molar-refractivity contribution < 1.29 is 9.53 Å². The molecule has 0 fully saturated rings. The standard InChI is InChI=1S/C21H22N2O2/c1-25-19-9-5-6-16(14-19)15-22-21(24)13-11-18-10-12-20(23-18)17-7-3-2-4-8-17/h2-10,12,14,23H,11,13,15H2,1H3,(H,22,24). The van der Waals surface area contributed by atoms with E-state index in [1.165, 1.54) is 0 Å². The van der Waals surface area contributed by atoms with E-state index in [9.17, 15) is 4.79 Å². The number of aromatic nitrogens is 1. The molecule has 2 N–H and O–H groups in total. The summed E-state index contributed by atoms with van der Waals surface area (Å²) < 4.78 is 5.19. The van der Waals surface area contributed by atoms with Crippen LogP contribution in [0.5, 0.6) is 5.75 Å². The summed E-state index contributed by atoms with van der Waals surface area (Å²) in [6.45, 7) is 0.510. The fourth-order valence-corrected chi connectivity index (χ4v) is 2.69. The Morgan fingerprint density at radius 1 is 1.04 bits per heavy atom. The highest BCUT2D eigenvalue weighted by Gasteiger charge is 2.06. The van der Waals surface area contributed by atoms with Crippen LogP contribution in [0.3, 0.4) is 0 Å². The summed E-state index contributed by atoms with van der Waals surface area (Å²) in [5.41, 5.74) is 4.32. The molecule has 3 rings (SSSR count). The van der Waals surface area contributed by atoms with Gasteiger partial charge in [-0.1, -0.05) is 42.5 Å². The van der Waals surface area contributed by atoms with Crippen LogP contribution in [0.15, 0.2) is 66.7 Å². The predicted octanol–water partition coefficient (Wildman–Crippen LogP) is 3.94. The van der Waals surface area contributed by atoms with E-state index in [0.717, 1.165) is 28.3 Å². The van der Waals surface area contributed by atoms with Crippen LogP contribution >= 0.6 is 0 Å². The van der Waals surface area contributed by atoms with Gasteiger partial charge in [-0.25, -0.2) is 0 Å². The maximum absolute atomic E-state index is 12.1. The molecule has 0 aliphatic heterocycles. The van der Waals surface area contributed by atoms with Crippen LogP contribution in [-0.2, 0) is 17.8 Å². The maximum atomic E-state index is 12.1. The largest absolute Gasteiger partial charge is 0.497 e. The van der Waals surface area contributed by atoms with E-state index in [0.29, 0.717) is 19.4 Å². The van der Waals surface area contributed by atoms with Gasteiger partial charge in [0, 0.05) is 24.4 Å². The predicted molar refractivity (Wildman–Crippen MR) is 99.4 cm³/mol. The average Bonchev–Trinajstić information content (AvgIpc) is 3.15. The molecule has 1 amide bonds. The van der Waals surface area contributed by atoms with Gasteiger partial charge in [-0.3, -0.25) is 4.79 Å². The van der Waals surface area contributed by atoms with Gasteiger partial charge in [0.15, 0.2) is 0 Å². The van der Waals surface area contributed by atoms with Crippen molar-refractivity contribution >= 4 is 5.91 Å². The SMILES string of the molecule is COc1cccc(CNC(=O)CCc2ccc(-c3ccccc3)[nH]2)c1. The molecule has 0 saturated heterocycles. The van der Waals surface area contributed by atoms with E-state index < -0.39 is 0 Å². The number of carbonyl (C=O) groups excluding carboxylic acids is 1. The van der Waals surface area contributed by atoms with Crippen LogP contribution in [0.4, 0.5) is 0 Å².